The zero-order valence-electron chi connectivity index (χ0n) is 8.20. The highest BCUT2D eigenvalue weighted by atomic mass is 16.3. The summed E-state index contributed by atoms with van der Waals surface area (Å²) in [4.78, 5) is 11.4. The molecule has 1 amide bonds. The molecule has 0 radical (unpaired) electrons. The first-order chi connectivity index (χ1) is 6.77. The minimum Gasteiger partial charge on any atom is -0.396 e. The highest BCUT2D eigenvalue weighted by Crippen LogP contribution is 2.04. The molecule has 0 spiro atoms. The molecular weight excluding hydrogens is 184 g/mol. The van der Waals surface area contributed by atoms with E-state index >= 15 is 0 Å². The largest absolute Gasteiger partial charge is 0.396 e. The highest BCUT2D eigenvalue weighted by Gasteiger charge is 2.22. The summed E-state index contributed by atoms with van der Waals surface area (Å²) in [5.74, 6) is -0.283. The molecule has 1 fully saturated rings. The van der Waals surface area contributed by atoms with Crippen molar-refractivity contribution in [2.45, 2.75) is 18.9 Å². The number of aliphatic hydroxyl groups excluding tert-OH is 2. The second-order valence-electron chi connectivity index (χ2n) is 3.63. The van der Waals surface area contributed by atoms with E-state index < -0.39 is 0 Å². The van der Waals surface area contributed by atoms with Gasteiger partial charge < -0.3 is 20.8 Å². The molecule has 82 valence electrons. The monoisotopic (exact) mass is 202 g/mol. The molecule has 0 bridgehead atoms. The van der Waals surface area contributed by atoms with Gasteiger partial charge in [-0.05, 0) is 19.4 Å². The molecule has 1 rings (SSSR count). The Balaban J connectivity index is 2.19. The average molecular weight is 202 g/mol. The van der Waals surface area contributed by atoms with Crippen LogP contribution in [-0.4, -0.2) is 48.5 Å². The number of amides is 1. The lowest BCUT2D eigenvalue weighted by atomic mass is 10.1. The van der Waals surface area contributed by atoms with E-state index in [0.717, 1.165) is 19.4 Å². The first-order valence-electron chi connectivity index (χ1n) is 5.00. The molecule has 0 aromatic heterocycles. The molecule has 4 N–H and O–H groups in total. The minimum atomic E-state index is -0.250. The normalized spacial score (nSPS) is 21.5. The Labute approximate surface area is 83.5 Å². The lowest BCUT2D eigenvalue weighted by Gasteiger charge is -2.14. The summed E-state index contributed by atoms with van der Waals surface area (Å²) in [7, 11) is 0. The fourth-order valence-corrected chi connectivity index (χ4v) is 1.46. The van der Waals surface area contributed by atoms with Crippen LogP contribution in [-0.2, 0) is 4.79 Å². The van der Waals surface area contributed by atoms with Crippen molar-refractivity contribution in [1.29, 1.82) is 0 Å². The summed E-state index contributed by atoms with van der Waals surface area (Å²) in [6.45, 7) is 1.02. The van der Waals surface area contributed by atoms with Gasteiger partial charge in [0.25, 0.3) is 0 Å². The number of aliphatic hydroxyl groups is 2. The maximum absolute atomic E-state index is 11.4. The van der Waals surface area contributed by atoms with Gasteiger partial charge >= 0.3 is 0 Å². The summed E-state index contributed by atoms with van der Waals surface area (Å²) in [5, 5.41) is 23.3. The molecule has 1 unspecified atom stereocenters. The van der Waals surface area contributed by atoms with Crippen molar-refractivity contribution in [2.75, 3.05) is 26.3 Å². The highest BCUT2D eigenvalue weighted by molar-refractivity contribution is 5.81. The molecule has 0 aromatic carbocycles. The molecule has 5 nitrogen and oxygen atoms in total. The Morgan fingerprint density at radius 2 is 2.21 bits per heavy atom. The molecule has 14 heavy (non-hydrogen) atoms. The van der Waals surface area contributed by atoms with Gasteiger partial charge in [0.1, 0.15) is 0 Å². The number of carbonyl (C=O) groups is 1. The van der Waals surface area contributed by atoms with Crippen LogP contribution in [0.4, 0.5) is 0 Å². The van der Waals surface area contributed by atoms with Crippen LogP contribution in [0.15, 0.2) is 0 Å². The van der Waals surface area contributed by atoms with Crippen molar-refractivity contribution in [1.82, 2.24) is 10.6 Å². The van der Waals surface area contributed by atoms with Crippen LogP contribution in [0.5, 0.6) is 0 Å². The van der Waals surface area contributed by atoms with Gasteiger partial charge in [-0.15, -0.1) is 0 Å². The molecule has 1 saturated heterocycles. The molecule has 1 aliphatic rings. The third-order valence-electron chi connectivity index (χ3n) is 2.46. The standard InChI is InChI=1S/C9H18N2O3/c12-5-7(6-13)4-11-9(14)8-2-1-3-10-8/h7-8,10,12-13H,1-6H2,(H,11,14). The van der Waals surface area contributed by atoms with Gasteiger partial charge in [-0.25, -0.2) is 0 Å². The van der Waals surface area contributed by atoms with E-state index in [1.54, 1.807) is 0 Å². The van der Waals surface area contributed by atoms with Crippen molar-refractivity contribution >= 4 is 5.91 Å². The molecule has 0 aliphatic carbocycles. The molecule has 1 heterocycles. The van der Waals surface area contributed by atoms with Gasteiger partial charge in [0.05, 0.1) is 6.04 Å². The molecule has 1 atom stereocenters. The number of rotatable bonds is 5. The van der Waals surface area contributed by atoms with Crippen molar-refractivity contribution in [2.24, 2.45) is 5.92 Å². The summed E-state index contributed by atoms with van der Waals surface area (Å²) < 4.78 is 0. The lowest BCUT2D eigenvalue weighted by molar-refractivity contribution is -0.123. The summed E-state index contributed by atoms with van der Waals surface area (Å²) >= 11 is 0. The third kappa shape index (κ3) is 3.25. The Morgan fingerprint density at radius 3 is 2.71 bits per heavy atom. The maximum Gasteiger partial charge on any atom is 0.237 e. The Morgan fingerprint density at radius 1 is 1.50 bits per heavy atom. The Hall–Kier alpha value is -0.650. The average Bonchev–Trinajstić information content (AvgIpc) is 2.72. The summed E-state index contributed by atoms with van der Waals surface area (Å²) in [5.41, 5.74) is 0. The number of hydrogen-bond donors (Lipinski definition) is 4. The second kappa shape index (κ2) is 5.95. The number of hydrogen-bond acceptors (Lipinski definition) is 4. The van der Waals surface area contributed by atoms with Crippen LogP contribution in [0.1, 0.15) is 12.8 Å². The molecule has 5 heteroatoms. The van der Waals surface area contributed by atoms with Crippen LogP contribution in [0.3, 0.4) is 0 Å². The number of nitrogens with one attached hydrogen (secondary N) is 2. The van der Waals surface area contributed by atoms with Gasteiger partial charge in [0.2, 0.25) is 5.91 Å². The van der Waals surface area contributed by atoms with Crippen LogP contribution in [0.25, 0.3) is 0 Å². The van der Waals surface area contributed by atoms with Crippen molar-refractivity contribution in [3.63, 3.8) is 0 Å². The topological polar surface area (TPSA) is 81.6 Å². The second-order valence-corrected chi connectivity index (χ2v) is 3.63. The molecule has 0 saturated carbocycles. The van der Waals surface area contributed by atoms with Gasteiger partial charge in [0, 0.05) is 25.7 Å². The van der Waals surface area contributed by atoms with E-state index in [-0.39, 0.29) is 31.1 Å². The fourth-order valence-electron chi connectivity index (χ4n) is 1.46. The summed E-state index contributed by atoms with van der Waals surface area (Å²) in [6, 6.07) is -0.0898. The van der Waals surface area contributed by atoms with E-state index in [4.69, 9.17) is 10.2 Å². The summed E-state index contributed by atoms with van der Waals surface area (Å²) in [6.07, 6.45) is 1.90. The molecule has 0 aromatic rings. The van der Waals surface area contributed by atoms with Crippen molar-refractivity contribution in [3.8, 4) is 0 Å². The zero-order chi connectivity index (χ0) is 10.4. The molecule has 1 aliphatic heterocycles. The van der Waals surface area contributed by atoms with Gasteiger partial charge in [-0.2, -0.15) is 0 Å². The van der Waals surface area contributed by atoms with Gasteiger partial charge in [-0.3, -0.25) is 4.79 Å². The van der Waals surface area contributed by atoms with Crippen LogP contribution in [0, 0.1) is 5.92 Å². The van der Waals surface area contributed by atoms with Crippen molar-refractivity contribution in [3.05, 3.63) is 0 Å². The van der Waals surface area contributed by atoms with E-state index in [0.29, 0.717) is 6.54 Å². The first-order valence-corrected chi connectivity index (χ1v) is 5.00. The van der Waals surface area contributed by atoms with Crippen LogP contribution >= 0.6 is 0 Å². The predicted octanol–water partition coefficient (Wildman–Crippen LogP) is -1.54. The van der Waals surface area contributed by atoms with E-state index in [1.165, 1.54) is 0 Å². The quantitative estimate of drug-likeness (QED) is 0.435. The Bertz CT molecular complexity index is 177. The maximum atomic E-state index is 11.4. The third-order valence-corrected chi connectivity index (χ3v) is 2.46. The van der Waals surface area contributed by atoms with E-state index in [2.05, 4.69) is 10.6 Å². The number of carbonyl (C=O) groups excluding carboxylic acids is 1. The lowest BCUT2D eigenvalue weighted by Crippen LogP contribution is -2.43. The van der Waals surface area contributed by atoms with Gasteiger partial charge in [-0.1, -0.05) is 0 Å². The SMILES string of the molecule is O=C(NCC(CO)CO)C1CCCN1. The van der Waals surface area contributed by atoms with E-state index in [1.807, 2.05) is 0 Å². The first kappa shape index (κ1) is 11.4. The van der Waals surface area contributed by atoms with Crippen molar-refractivity contribution < 1.29 is 15.0 Å². The molecular formula is C9H18N2O3. The van der Waals surface area contributed by atoms with Crippen LogP contribution in [0.2, 0.25) is 0 Å². The van der Waals surface area contributed by atoms with Gasteiger partial charge in [0.15, 0.2) is 0 Å². The van der Waals surface area contributed by atoms with Crippen LogP contribution < -0.4 is 10.6 Å². The van der Waals surface area contributed by atoms with E-state index in [9.17, 15) is 4.79 Å². The predicted molar refractivity (Wildman–Crippen MR) is 51.7 cm³/mol. The smallest absolute Gasteiger partial charge is 0.237 e. The fraction of sp³-hybridized carbons (Fsp3) is 0.889. The zero-order valence-corrected chi connectivity index (χ0v) is 8.20. The minimum absolute atomic E-state index is 0.0330. The Kier molecular flexibility index (Phi) is 4.86.